The van der Waals surface area contributed by atoms with Crippen molar-refractivity contribution < 1.29 is 4.79 Å². The summed E-state index contributed by atoms with van der Waals surface area (Å²) in [5.74, 6) is 0.596. The van der Waals surface area contributed by atoms with E-state index in [0.29, 0.717) is 6.42 Å². The van der Waals surface area contributed by atoms with E-state index in [4.69, 9.17) is 5.73 Å². The Labute approximate surface area is 95.8 Å². The van der Waals surface area contributed by atoms with Gasteiger partial charge in [0.1, 0.15) is 5.82 Å². The highest BCUT2D eigenvalue weighted by atomic mass is 16.2. The average Bonchev–Trinajstić information content (AvgIpc) is 2.70. The van der Waals surface area contributed by atoms with Gasteiger partial charge in [0.2, 0.25) is 5.91 Å². The largest absolute Gasteiger partial charge is 0.347 e. The number of aromatic amines is 1. The van der Waals surface area contributed by atoms with Crippen LogP contribution in [0.3, 0.4) is 0 Å². The van der Waals surface area contributed by atoms with Crippen molar-refractivity contribution in [1.82, 2.24) is 15.3 Å². The third kappa shape index (κ3) is 3.06. The van der Waals surface area contributed by atoms with Gasteiger partial charge in [-0.25, -0.2) is 4.98 Å². The van der Waals surface area contributed by atoms with E-state index in [1.807, 2.05) is 13.8 Å². The molecule has 90 valence electrons. The second-order valence-corrected chi connectivity index (χ2v) is 4.34. The first-order chi connectivity index (χ1) is 7.47. The first-order valence-corrected chi connectivity index (χ1v) is 5.56. The number of aromatic nitrogens is 2. The molecule has 0 spiro atoms. The summed E-state index contributed by atoms with van der Waals surface area (Å²) in [4.78, 5) is 18.9. The second kappa shape index (κ2) is 5.12. The molecule has 1 aromatic rings. The van der Waals surface area contributed by atoms with Crippen LogP contribution in [0.2, 0.25) is 0 Å². The maximum atomic E-state index is 11.9. The third-order valence-electron chi connectivity index (χ3n) is 2.57. The molecule has 0 aliphatic heterocycles. The molecule has 0 saturated heterocycles. The highest BCUT2D eigenvalue weighted by Crippen LogP contribution is 2.12. The lowest BCUT2D eigenvalue weighted by Gasteiger charge is -2.24. The Morgan fingerprint density at radius 3 is 2.94 bits per heavy atom. The molecule has 2 unspecified atom stereocenters. The third-order valence-corrected chi connectivity index (χ3v) is 2.57. The van der Waals surface area contributed by atoms with Crippen LogP contribution in [0.5, 0.6) is 0 Å². The summed E-state index contributed by atoms with van der Waals surface area (Å²) >= 11 is 0. The molecule has 5 heteroatoms. The zero-order valence-electron chi connectivity index (χ0n) is 10.1. The fourth-order valence-electron chi connectivity index (χ4n) is 1.58. The van der Waals surface area contributed by atoms with Gasteiger partial charge in [-0.05, 0) is 20.3 Å². The van der Waals surface area contributed by atoms with E-state index in [1.54, 1.807) is 19.3 Å². The maximum absolute atomic E-state index is 11.9. The Kier molecular flexibility index (Phi) is 4.06. The highest BCUT2D eigenvalue weighted by Gasteiger charge is 2.28. The van der Waals surface area contributed by atoms with Crippen LogP contribution >= 0.6 is 0 Å². The van der Waals surface area contributed by atoms with Crippen molar-refractivity contribution in [3.63, 3.8) is 0 Å². The quantitative estimate of drug-likeness (QED) is 0.700. The van der Waals surface area contributed by atoms with Gasteiger partial charge < -0.3 is 16.0 Å². The molecule has 0 radical (unpaired) electrons. The minimum absolute atomic E-state index is 0.141. The molecule has 0 aromatic carbocycles. The highest BCUT2D eigenvalue weighted by molar-refractivity contribution is 5.85. The van der Waals surface area contributed by atoms with Crippen molar-refractivity contribution in [2.75, 3.05) is 0 Å². The zero-order chi connectivity index (χ0) is 12.2. The first kappa shape index (κ1) is 12.7. The summed E-state index contributed by atoms with van der Waals surface area (Å²) in [6.07, 6.45) is 4.94. The van der Waals surface area contributed by atoms with Crippen LogP contribution in [0.4, 0.5) is 0 Å². The van der Waals surface area contributed by atoms with E-state index in [0.717, 1.165) is 12.2 Å². The standard InChI is InChI=1S/C11H20N4O/c1-4-5-11(3,12)10(16)15-8(2)9-13-6-7-14-9/h6-8H,4-5,12H2,1-3H3,(H,13,14)(H,15,16). The first-order valence-electron chi connectivity index (χ1n) is 5.56. The van der Waals surface area contributed by atoms with Crippen LogP contribution in [0.15, 0.2) is 12.4 Å². The summed E-state index contributed by atoms with van der Waals surface area (Å²) in [6.45, 7) is 5.63. The lowest BCUT2D eigenvalue weighted by atomic mass is 9.96. The Balaban J connectivity index is 2.57. The minimum Gasteiger partial charge on any atom is -0.347 e. The zero-order valence-corrected chi connectivity index (χ0v) is 10.1. The van der Waals surface area contributed by atoms with Crippen LogP contribution in [0.1, 0.15) is 45.5 Å². The summed E-state index contributed by atoms with van der Waals surface area (Å²) in [7, 11) is 0. The summed E-state index contributed by atoms with van der Waals surface area (Å²) < 4.78 is 0. The number of carbonyl (C=O) groups is 1. The molecule has 2 atom stereocenters. The van der Waals surface area contributed by atoms with Gasteiger partial charge in [-0.2, -0.15) is 0 Å². The second-order valence-electron chi connectivity index (χ2n) is 4.34. The van der Waals surface area contributed by atoms with E-state index in [1.165, 1.54) is 0 Å². The van der Waals surface area contributed by atoms with E-state index in [9.17, 15) is 4.79 Å². The SMILES string of the molecule is CCCC(C)(N)C(=O)NC(C)c1ncc[nH]1. The van der Waals surface area contributed by atoms with Gasteiger partial charge in [0.15, 0.2) is 0 Å². The van der Waals surface area contributed by atoms with Gasteiger partial charge in [0.05, 0.1) is 11.6 Å². The fraction of sp³-hybridized carbons (Fsp3) is 0.636. The van der Waals surface area contributed by atoms with Gasteiger partial charge in [0.25, 0.3) is 0 Å². The molecule has 0 aliphatic rings. The molecule has 0 fully saturated rings. The molecule has 0 aliphatic carbocycles. The van der Waals surface area contributed by atoms with Crippen LogP contribution in [-0.4, -0.2) is 21.4 Å². The summed E-state index contributed by atoms with van der Waals surface area (Å²) in [6, 6.07) is -0.151. The Morgan fingerprint density at radius 1 is 1.75 bits per heavy atom. The van der Waals surface area contributed by atoms with Crippen LogP contribution in [-0.2, 0) is 4.79 Å². The van der Waals surface area contributed by atoms with E-state index in [-0.39, 0.29) is 11.9 Å². The molecule has 16 heavy (non-hydrogen) atoms. The lowest BCUT2D eigenvalue weighted by Crippen LogP contribution is -2.52. The van der Waals surface area contributed by atoms with Crippen LogP contribution < -0.4 is 11.1 Å². The fourth-order valence-corrected chi connectivity index (χ4v) is 1.58. The molecule has 1 rings (SSSR count). The summed E-state index contributed by atoms with van der Waals surface area (Å²) in [5.41, 5.74) is 5.12. The number of hydrogen-bond acceptors (Lipinski definition) is 3. The van der Waals surface area contributed by atoms with E-state index < -0.39 is 5.54 Å². The lowest BCUT2D eigenvalue weighted by molar-refractivity contribution is -0.126. The molecular formula is C11H20N4O. The Morgan fingerprint density at radius 2 is 2.44 bits per heavy atom. The normalized spacial score (nSPS) is 16.5. The van der Waals surface area contributed by atoms with Crippen molar-refractivity contribution in [3.8, 4) is 0 Å². The van der Waals surface area contributed by atoms with E-state index in [2.05, 4.69) is 15.3 Å². The Hall–Kier alpha value is -1.36. The number of rotatable bonds is 5. The number of nitrogens with zero attached hydrogens (tertiary/aromatic N) is 1. The number of amides is 1. The average molecular weight is 224 g/mol. The van der Waals surface area contributed by atoms with Crippen LogP contribution in [0, 0.1) is 0 Å². The molecule has 4 N–H and O–H groups in total. The predicted molar refractivity (Wildman–Crippen MR) is 62.6 cm³/mol. The Bertz CT molecular complexity index is 332. The van der Waals surface area contributed by atoms with E-state index >= 15 is 0 Å². The van der Waals surface area contributed by atoms with Crippen molar-refractivity contribution in [1.29, 1.82) is 0 Å². The van der Waals surface area contributed by atoms with Gasteiger partial charge in [-0.1, -0.05) is 13.3 Å². The number of carbonyl (C=O) groups excluding carboxylic acids is 1. The molecule has 0 bridgehead atoms. The number of imidazole rings is 1. The molecule has 5 nitrogen and oxygen atoms in total. The molecule has 1 heterocycles. The number of hydrogen-bond donors (Lipinski definition) is 3. The molecule has 1 aromatic heterocycles. The minimum atomic E-state index is -0.810. The predicted octanol–water partition coefficient (Wildman–Crippen LogP) is 1.10. The van der Waals surface area contributed by atoms with Crippen molar-refractivity contribution in [2.24, 2.45) is 5.73 Å². The number of nitrogens with two attached hydrogens (primary N) is 1. The number of H-pyrrole nitrogens is 1. The molecular weight excluding hydrogens is 204 g/mol. The topological polar surface area (TPSA) is 83.8 Å². The van der Waals surface area contributed by atoms with Crippen LogP contribution in [0.25, 0.3) is 0 Å². The van der Waals surface area contributed by atoms with Crippen molar-refractivity contribution in [3.05, 3.63) is 18.2 Å². The van der Waals surface area contributed by atoms with Gasteiger partial charge in [-0.15, -0.1) is 0 Å². The van der Waals surface area contributed by atoms with Gasteiger partial charge in [-0.3, -0.25) is 4.79 Å². The monoisotopic (exact) mass is 224 g/mol. The molecule has 1 amide bonds. The van der Waals surface area contributed by atoms with Gasteiger partial charge >= 0.3 is 0 Å². The van der Waals surface area contributed by atoms with Gasteiger partial charge in [0, 0.05) is 12.4 Å². The van der Waals surface area contributed by atoms with Crippen molar-refractivity contribution >= 4 is 5.91 Å². The summed E-state index contributed by atoms with van der Waals surface area (Å²) in [5, 5.41) is 2.85. The maximum Gasteiger partial charge on any atom is 0.240 e. The number of nitrogens with one attached hydrogen (secondary N) is 2. The molecule has 0 saturated carbocycles. The smallest absolute Gasteiger partial charge is 0.240 e. The van der Waals surface area contributed by atoms with Crippen molar-refractivity contribution in [2.45, 2.75) is 45.2 Å².